The summed E-state index contributed by atoms with van der Waals surface area (Å²) in [5.41, 5.74) is 2.21. The van der Waals surface area contributed by atoms with Gasteiger partial charge in [0.15, 0.2) is 4.80 Å². The van der Waals surface area contributed by atoms with Crippen LogP contribution in [0.2, 0.25) is 5.02 Å². The quantitative estimate of drug-likeness (QED) is 0.270. The Hall–Kier alpha value is -3.20. The molecule has 9 heteroatoms. The average molecular weight is 598 g/mol. The molecule has 2 aromatic heterocycles. The summed E-state index contributed by atoms with van der Waals surface area (Å²) in [5.74, 6) is 0.725. The first kappa shape index (κ1) is 25.4. The average Bonchev–Trinajstić information content (AvgIpc) is 3.43. The molecule has 0 spiro atoms. The number of rotatable bonds is 5. The fraction of sp³-hybridized carbons (Fsp3) is 0.179. The van der Waals surface area contributed by atoms with E-state index in [-0.39, 0.29) is 11.7 Å². The lowest BCUT2D eigenvalue weighted by molar-refractivity contribution is -0.143. The Bertz CT molecular complexity index is 1710. The first-order chi connectivity index (χ1) is 17.7. The van der Waals surface area contributed by atoms with E-state index in [9.17, 15) is 9.59 Å². The van der Waals surface area contributed by atoms with Crippen molar-refractivity contribution in [1.29, 1.82) is 0 Å². The molecule has 3 heterocycles. The van der Waals surface area contributed by atoms with E-state index in [0.717, 1.165) is 15.6 Å². The van der Waals surface area contributed by atoms with Crippen molar-refractivity contribution in [2.75, 3.05) is 0 Å². The normalized spacial score (nSPS) is 15.6. The van der Waals surface area contributed by atoms with E-state index >= 15 is 0 Å². The van der Waals surface area contributed by atoms with Crippen molar-refractivity contribution in [2.24, 2.45) is 4.99 Å². The molecule has 0 bridgehead atoms. The molecule has 0 aliphatic carbocycles. The van der Waals surface area contributed by atoms with Gasteiger partial charge < -0.3 is 9.15 Å². The molecule has 0 saturated carbocycles. The number of hydrogen-bond donors (Lipinski definition) is 0. The Morgan fingerprint density at radius 2 is 1.95 bits per heavy atom. The minimum Gasteiger partial charge on any atom is -0.459 e. The van der Waals surface area contributed by atoms with Gasteiger partial charge in [-0.05, 0) is 62.7 Å². The van der Waals surface area contributed by atoms with Crippen LogP contribution in [0.15, 0.2) is 90.6 Å². The highest BCUT2D eigenvalue weighted by molar-refractivity contribution is 9.10. The fourth-order valence-electron chi connectivity index (χ4n) is 4.18. The first-order valence-electron chi connectivity index (χ1n) is 11.6. The summed E-state index contributed by atoms with van der Waals surface area (Å²) >= 11 is 10.8. The van der Waals surface area contributed by atoms with Crippen molar-refractivity contribution in [3.63, 3.8) is 0 Å². The predicted molar refractivity (Wildman–Crippen MR) is 148 cm³/mol. The third kappa shape index (κ3) is 5.14. The predicted octanol–water partition coefficient (Wildman–Crippen LogP) is 5.86. The van der Waals surface area contributed by atoms with Crippen LogP contribution >= 0.6 is 38.9 Å². The van der Waals surface area contributed by atoms with Crippen molar-refractivity contribution >= 4 is 50.9 Å². The summed E-state index contributed by atoms with van der Waals surface area (Å²) in [5, 5.41) is 0.558. The SMILES string of the molecule is CC1=C(C(=O)OC(C)C)C(c2ccc(Cl)cc2)n2c(s/c(=C\c3ccc(-c4cccc(Br)c4)o3)c2=O)=N1. The zero-order chi connectivity index (χ0) is 26.3. The van der Waals surface area contributed by atoms with Gasteiger partial charge in [0.25, 0.3) is 5.56 Å². The van der Waals surface area contributed by atoms with E-state index in [1.807, 2.05) is 48.5 Å². The number of nitrogens with zero attached hydrogens (tertiary/aromatic N) is 2. The van der Waals surface area contributed by atoms with Crippen molar-refractivity contribution < 1.29 is 13.9 Å². The third-order valence-corrected chi connectivity index (χ3v) is 7.51. The molecule has 188 valence electrons. The molecular weight excluding hydrogens is 576 g/mol. The number of fused-ring (bicyclic) bond motifs is 1. The maximum atomic E-state index is 13.7. The number of hydrogen-bond acceptors (Lipinski definition) is 6. The van der Waals surface area contributed by atoms with Crippen molar-refractivity contribution in [1.82, 2.24) is 4.57 Å². The molecule has 6 nitrogen and oxygen atoms in total. The second-order valence-electron chi connectivity index (χ2n) is 8.80. The summed E-state index contributed by atoms with van der Waals surface area (Å²) in [6.45, 7) is 5.33. The van der Waals surface area contributed by atoms with Gasteiger partial charge in [-0.25, -0.2) is 9.79 Å². The minimum absolute atomic E-state index is 0.272. The number of ether oxygens (including phenoxy) is 1. The lowest BCUT2D eigenvalue weighted by Gasteiger charge is -2.25. The largest absolute Gasteiger partial charge is 0.459 e. The highest BCUT2D eigenvalue weighted by Crippen LogP contribution is 2.31. The molecule has 1 aliphatic rings. The summed E-state index contributed by atoms with van der Waals surface area (Å²) in [6, 6.07) is 17.9. The van der Waals surface area contributed by atoms with Crippen LogP contribution in [0.4, 0.5) is 0 Å². The number of halogens is 2. The number of esters is 1. The Balaban J connectivity index is 1.63. The molecule has 0 saturated heterocycles. The molecule has 2 aromatic carbocycles. The monoisotopic (exact) mass is 596 g/mol. The lowest BCUT2D eigenvalue weighted by atomic mass is 9.96. The summed E-state index contributed by atoms with van der Waals surface area (Å²) in [7, 11) is 0. The topological polar surface area (TPSA) is 73.8 Å². The van der Waals surface area contributed by atoms with Crippen LogP contribution in [0.3, 0.4) is 0 Å². The van der Waals surface area contributed by atoms with E-state index < -0.39 is 12.0 Å². The van der Waals surface area contributed by atoms with Gasteiger partial charge in [-0.1, -0.05) is 63.1 Å². The maximum absolute atomic E-state index is 13.7. The van der Waals surface area contributed by atoms with E-state index in [4.69, 9.17) is 20.8 Å². The van der Waals surface area contributed by atoms with Crippen LogP contribution in [0.25, 0.3) is 17.4 Å². The van der Waals surface area contributed by atoms with Crippen LogP contribution in [-0.2, 0) is 9.53 Å². The number of benzene rings is 2. The van der Waals surface area contributed by atoms with Gasteiger partial charge in [0, 0.05) is 21.1 Å². The van der Waals surface area contributed by atoms with Crippen LogP contribution in [-0.4, -0.2) is 16.6 Å². The minimum atomic E-state index is -0.698. The van der Waals surface area contributed by atoms with Gasteiger partial charge >= 0.3 is 5.97 Å². The van der Waals surface area contributed by atoms with Crippen LogP contribution in [0.5, 0.6) is 0 Å². The van der Waals surface area contributed by atoms with Gasteiger partial charge in [0.2, 0.25) is 0 Å². The highest BCUT2D eigenvalue weighted by Gasteiger charge is 2.33. The number of furan rings is 1. The first-order valence-corrected chi connectivity index (χ1v) is 13.5. The number of thiazole rings is 1. The van der Waals surface area contributed by atoms with Gasteiger partial charge in [0.05, 0.1) is 27.9 Å². The Kier molecular flexibility index (Phi) is 7.07. The number of carbonyl (C=O) groups excluding carboxylic acids is 1. The molecule has 37 heavy (non-hydrogen) atoms. The Labute approximate surface area is 230 Å². The van der Waals surface area contributed by atoms with Gasteiger partial charge in [-0.2, -0.15) is 0 Å². The van der Waals surface area contributed by atoms with E-state index in [1.54, 1.807) is 43.5 Å². The molecule has 0 fully saturated rings. The third-order valence-electron chi connectivity index (χ3n) is 5.78. The molecular formula is C28H22BrClN2O4S. The number of allylic oxidation sites excluding steroid dienone is 1. The van der Waals surface area contributed by atoms with Gasteiger partial charge in [-0.3, -0.25) is 9.36 Å². The van der Waals surface area contributed by atoms with Crippen molar-refractivity contribution in [2.45, 2.75) is 32.9 Å². The molecule has 1 unspecified atom stereocenters. The van der Waals surface area contributed by atoms with Crippen molar-refractivity contribution in [3.05, 3.63) is 112 Å². The zero-order valence-electron chi connectivity index (χ0n) is 20.2. The molecule has 0 radical (unpaired) electrons. The van der Waals surface area contributed by atoms with Crippen LogP contribution in [0.1, 0.15) is 38.1 Å². The summed E-state index contributed by atoms with van der Waals surface area (Å²) < 4.78 is 14.5. The molecule has 1 aliphatic heterocycles. The molecule has 0 amide bonds. The second kappa shape index (κ2) is 10.3. The van der Waals surface area contributed by atoms with E-state index in [2.05, 4.69) is 20.9 Å². The zero-order valence-corrected chi connectivity index (χ0v) is 23.4. The lowest BCUT2D eigenvalue weighted by Crippen LogP contribution is -2.40. The number of carbonyl (C=O) groups is 1. The van der Waals surface area contributed by atoms with Gasteiger partial charge in [0.1, 0.15) is 11.5 Å². The van der Waals surface area contributed by atoms with Crippen LogP contribution < -0.4 is 14.9 Å². The van der Waals surface area contributed by atoms with Gasteiger partial charge in [-0.15, -0.1) is 0 Å². The number of aromatic nitrogens is 1. The Morgan fingerprint density at radius 3 is 2.65 bits per heavy atom. The highest BCUT2D eigenvalue weighted by atomic mass is 79.9. The van der Waals surface area contributed by atoms with E-state index in [0.29, 0.717) is 37.1 Å². The van der Waals surface area contributed by atoms with Crippen molar-refractivity contribution in [3.8, 4) is 11.3 Å². The smallest absolute Gasteiger partial charge is 0.338 e. The maximum Gasteiger partial charge on any atom is 0.338 e. The van der Waals surface area contributed by atoms with Crippen LogP contribution in [0, 0.1) is 0 Å². The Morgan fingerprint density at radius 1 is 1.19 bits per heavy atom. The molecule has 1 atom stereocenters. The second-order valence-corrected chi connectivity index (χ2v) is 11.2. The molecule has 5 rings (SSSR count). The summed E-state index contributed by atoms with van der Waals surface area (Å²) in [4.78, 5) is 32.0. The summed E-state index contributed by atoms with van der Waals surface area (Å²) in [6.07, 6.45) is 1.39. The molecule has 4 aromatic rings. The molecule has 0 N–H and O–H groups in total. The standard InChI is InChI=1S/C28H22BrClN2O4S/c1-15(2)35-27(34)24-16(3)31-28-32(25(24)17-7-9-20(30)10-8-17)26(33)23(37-28)14-21-11-12-22(36-21)18-5-4-6-19(29)13-18/h4-15,25H,1-3H3/b23-14-. The fourth-order valence-corrected chi connectivity index (χ4v) is 5.73. The van der Waals surface area contributed by atoms with E-state index in [1.165, 1.54) is 11.3 Å².